The third kappa shape index (κ3) is 11.1. The molecule has 0 saturated carbocycles. The van der Waals surface area contributed by atoms with Crippen molar-refractivity contribution in [1.82, 2.24) is 0 Å². The molecule has 0 radical (unpaired) electrons. The molecule has 0 bridgehead atoms. The molecule has 0 rings (SSSR count). The van der Waals surface area contributed by atoms with Crippen molar-refractivity contribution in [1.29, 1.82) is 0 Å². The molecule has 2 heteroatoms. The van der Waals surface area contributed by atoms with E-state index >= 15 is 0 Å². The van der Waals surface area contributed by atoms with Crippen molar-refractivity contribution in [2.75, 3.05) is 0 Å². The van der Waals surface area contributed by atoms with Crippen molar-refractivity contribution in [3.63, 3.8) is 0 Å². The molecule has 102 valence electrons. The Labute approximate surface area is 116 Å². The standard InChI is InChI=1S/C17H22O2/c1-5-16(18)11-6-7-12-17(19)13-15(4)10-8-9-14(2)3/h5,9,13,16-19H,1,8,10H2,2-4H3/b15-13+. The smallest absolute Gasteiger partial charge is 0.134 e. The number of aliphatic hydroxyl groups is 2. The van der Waals surface area contributed by atoms with Gasteiger partial charge in [0, 0.05) is 0 Å². The first-order chi connectivity index (χ1) is 8.95. The molecular formula is C17H22O2. The molecule has 0 aliphatic heterocycles. The Kier molecular flexibility index (Phi) is 9.27. The van der Waals surface area contributed by atoms with Gasteiger partial charge in [0.05, 0.1) is 0 Å². The van der Waals surface area contributed by atoms with E-state index in [-0.39, 0.29) is 0 Å². The highest BCUT2D eigenvalue weighted by Crippen LogP contribution is 2.07. The molecule has 0 spiro atoms. The van der Waals surface area contributed by atoms with Crippen molar-refractivity contribution in [3.05, 3.63) is 36.0 Å². The van der Waals surface area contributed by atoms with Gasteiger partial charge in [0.15, 0.2) is 0 Å². The van der Waals surface area contributed by atoms with Crippen LogP contribution in [0, 0.1) is 23.7 Å². The lowest BCUT2D eigenvalue weighted by Gasteiger charge is -2.00. The van der Waals surface area contributed by atoms with Crippen LogP contribution < -0.4 is 0 Å². The molecule has 0 aromatic rings. The van der Waals surface area contributed by atoms with Gasteiger partial charge in [0.25, 0.3) is 0 Å². The summed E-state index contributed by atoms with van der Waals surface area (Å²) in [6.45, 7) is 9.49. The van der Waals surface area contributed by atoms with Crippen LogP contribution in [-0.2, 0) is 0 Å². The highest BCUT2D eigenvalue weighted by molar-refractivity contribution is 5.31. The summed E-state index contributed by atoms with van der Waals surface area (Å²) in [5.74, 6) is 10.0. The van der Waals surface area contributed by atoms with Gasteiger partial charge in [-0.05, 0) is 51.5 Å². The van der Waals surface area contributed by atoms with Gasteiger partial charge in [-0.3, -0.25) is 0 Å². The fourth-order valence-electron chi connectivity index (χ4n) is 1.26. The van der Waals surface area contributed by atoms with Gasteiger partial charge < -0.3 is 10.2 Å². The average Bonchev–Trinajstić information content (AvgIpc) is 2.33. The summed E-state index contributed by atoms with van der Waals surface area (Å²) in [6.07, 6.45) is 5.39. The van der Waals surface area contributed by atoms with Crippen LogP contribution in [0.25, 0.3) is 0 Å². The number of aliphatic hydroxyl groups excluding tert-OH is 2. The van der Waals surface area contributed by atoms with E-state index in [1.807, 2.05) is 6.92 Å². The molecule has 2 N–H and O–H groups in total. The lowest BCUT2D eigenvalue weighted by molar-refractivity contribution is 0.279. The van der Waals surface area contributed by atoms with Gasteiger partial charge in [-0.1, -0.05) is 41.7 Å². The third-order valence-corrected chi connectivity index (χ3v) is 2.26. The predicted octanol–water partition coefficient (Wildman–Crippen LogP) is 2.59. The Hall–Kier alpha value is -1.74. The zero-order valence-corrected chi connectivity index (χ0v) is 11.9. The Bertz CT molecular complexity index is 457. The van der Waals surface area contributed by atoms with Crippen LogP contribution in [0.2, 0.25) is 0 Å². The molecule has 0 saturated heterocycles. The first kappa shape index (κ1) is 17.3. The quantitative estimate of drug-likeness (QED) is 0.588. The number of allylic oxidation sites excluding steroid dienone is 3. The average molecular weight is 258 g/mol. The Morgan fingerprint density at radius 2 is 1.68 bits per heavy atom. The maximum atomic E-state index is 9.63. The molecule has 0 aromatic carbocycles. The minimum atomic E-state index is -0.868. The molecule has 2 unspecified atom stereocenters. The Morgan fingerprint density at radius 3 is 2.21 bits per heavy atom. The zero-order chi connectivity index (χ0) is 14.7. The highest BCUT2D eigenvalue weighted by Gasteiger charge is 1.95. The first-order valence-electron chi connectivity index (χ1n) is 6.26. The summed E-state index contributed by atoms with van der Waals surface area (Å²) in [7, 11) is 0. The van der Waals surface area contributed by atoms with E-state index in [0.29, 0.717) is 0 Å². The zero-order valence-electron chi connectivity index (χ0n) is 11.9. The van der Waals surface area contributed by atoms with Crippen LogP contribution in [-0.4, -0.2) is 22.4 Å². The minimum absolute atomic E-state index is 0.818. The van der Waals surface area contributed by atoms with Crippen molar-refractivity contribution in [3.8, 4) is 23.7 Å². The predicted molar refractivity (Wildman–Crippen MR) is 80.2 cm³/mol. The van der Waals surface area contributed by atoms with Crippen molar-refractivity contribution >= 4 is 0 Å². The van der Waals surface area contributed by atoms with Crippen molar-refractivity contribution in [2.24, 2.45) is 0 Å². The van der Waals surface area contributed by atoms with Gasteiger partial charge >= 0.3 is 0 Å². The number of hydrogen-bond acceptors (Lipinski definition) is 2. The van der Waals surface area contributed by atoms with E-state index in [1.165, 1.54) is 11.6 Å². The molecule has 2 nitrogen and oxygen atoms in total. The summed E-state index contributed by atoms with van der Waals surface area (Å²) >= 11 is 0. The molecule has 0 aliphatic rings. The number of hydrogen-bond donors (Lipinski definition) is 2. The summed E-state index contributed by atoms with van der Waals surface area (Å²) < 4.78 is 0. The second-order valence-electron chi connectivity index (χ2n) is 4.50. The molecular weight excluding hydrogens is 236 g/mol. The second-order valence-corrected chi connectivity index (χ2v) is 4.50. The summed E-state index contributed by atoms with van der Waals surface area (Å²) in [6, 6.07) is 0. The number of rotatable bonds is 5. The van der Waals surface area contributed by atoms with Crippen LogP contribution >= 0.6 is 0 Å². The summed E-state index contributed by atoms with van der Waals surface area (Å²) in [5, 5.41) is 18.7. The molecule has 2 atom stereocenters. The Morgan fingerprint density at radius 1 is 1.11 bits per heavy atom. The Balaban J connectivity index is 4.31. The molecule has 0 aliphatic carbocycles. The van der Waals surface area contributed by atoms with Gasteiger partial charge in [-0.25, -0.2) is 0 Å². The topological polar surface area (TPSA) is 40.5 Å². The second kappa shape index (κ2) is 10.2. The van der Waals surface area contributed by atoms with E-state index in [0.717, 1.165) is 18.4 Å². The molecule has 0 heterocycles. The van der Waals surface area contributed by atoms with Gasteiger partial charge in [-0.15, -0.1) is 0 Å². The van der Waals surface area contributed by atoms with Crippen LogP contribution in [0.15, 0.2) is 36.0 Å². The molecule has 0 aromatic heterocycles. The fourth-order valence-corrected chi connectivity index (χ4v) is 1.26. The maximum absolute atomic E-state index is 9.63. The van der Waals surface area contributed by atoms with Crippen LogP contribution in [0.4, 0.5) is 0 Å². The molecule has 19 heavy (non-hydrogen) atoms. The van der Waals surface area contributed by atoms with Gasteiger partial charge in [0.2, 0.25) is 0 Å². The lowest BCUT2D eigenvalue weighted by atomic mass is 10.1. The van der Waals surface area contributed by atoms with Gasteiger partial charge in [-0.2, -0.15) is 0 Å². The first-order valence-corrected chi connectivity index (χ1v) is 6.26. The van der Waals surface area contributed by atoms with Gasteiger partial charge in [0.1, 0.15) is 12.2 Å². The van der Waals surface area contributed by atoms with E-state index in [2.05, 4.69) is 50.2 Å². The van der Waals surface area contributed by atoms with E-state index in [9.17, 15) is 5.11 Å². The van der Waals surface area contributed by atoms with E-state index in [4.69, 9.17) is 5.11 Å². The van der Waals surface area contributed by atoms with E-state index < -0.39 is 12.2 Å². The highest BCUT2D eigenvalue weighted by atomic mass is 16.3. The van der Waals surface area contributed by atoms with Crippen LogP contribution in [0.3, 0.4) is 0 Å². The van der Waals surface area contributed by atoms with Crippen LogP contribution in [0.1, 0.15) is 33.6 Å². The van der Waals surface area contributed by atoms with E-state index in [1.54, 1.807) is 6.08 Å². The normalized spacial score (nSPS) is 13.2. The minimum Gasteiger partial charge on any atom is -0.377 e. The lowest BCUT2D eigenvalue weighted by Crippen LogP contribution is -1.99. The fraction of sp³-hybridized carbons (Fsp3) is 0.412. The summed E-state index contributed by atoms with van der Waals surface area (Å²) in [5.41, 5.74) is 2.39. The monoisotopic (exact) mass is 258 g/mol. The maximum Gasteiger partial charge on any atom is 0.134 e. The largest absolute Gasteiger partial charge is 0.377 e. The SMILES string of the molecule is C=CC(O)C#CC#CC(O)/C=C(\C)CCC=C(C)C. The molecule has 0 fully saturated rings. The van der Waals surface area contributed by atoms with Crippen molar-refractivity contribution in [2.45, 2.75) is 45.8 Å². The van der Waals surface area contributed by atoms with Crippen molar-refractivity contribution < 1.29 is 10.2 Å². The third-order valence-electron chi connectivity index (χ3n) is 2.26. The molecule has 0 amide bonds. The van der Waals surface area contributed by atoms with Crippen LogP contribution in [0.5, 0.6) is 0 Å². The summed E-state index contributed by atoms with van der Waals surface area (Å²) in [4.78, 5) is 0.